The summed E-state index contributed by atoms with van der Waals surface area (Å²) in [4.78, 5) is 13.0. The first-order chi connectivity index (χ1) is 14.7. The maximum atomic E-state index is 13.0. The molecule has 0 radical (unpaired) electrons. The van der Waals surface area contributed by atoms with Gasteiger partial charge in [0.15, 0.2) is 0 Å². The number of nitrogens with zero attached hydrogens (tertiary/aromatic N) is 1. The fourth-order valence-corrected chi connectivity index (χ4v) is 4.71. The van der Waals surface area contributed by atoms with Gasteiger partial charge in [0.1, 0.15) is 5.75 Å². The van der Waals surface area contributed by atoms with Crippen LogP contribution in [-0.4, -0.2) is 51.0 Å². The zero-order valence-corrected chi connectivity index (χ0v) is 19.2. The first-order valence-electron chi connectivity index (χ1n) is 10.5. The van der Waals surface area contributed by atoms with E-state index in [1.807, 2.05) is 26.0 Å². The van der Waals surface area contributed by atoms with Crippen LogP contribution in [0.2, 0.25) is 0 Å². The second kappa shape index (κ2) is 9.80. The van der Waals surface area contributed by atoms with Gasteiger partial charge >= 0.3 is 0 Å². The van der Waals surface area contributed by atoms with Gasteiger partial charge in [0.25, 0.3) is 5.91 Å². The van der Waals surface area contributed by atoms with E-state index in [0.717, 1.165) is 5.56 Å². The molecular weight excluding hydrogens is 416 g/mol. The van der Waals surface area contributed by atoms with Crippen molar-refractivity contribution in [3.8, 4) is 5.75 Å². The lowest BCUT2D eigenvalue weighted by atomic mass is 10.0. The molecule has 0 atom stereocenters. The molecule has 2 aromatic rings. The Balaban J connectivity index is 1.90. The number of carbonyl (C=O) groups excluding carboxylic acids is 1. The van der Waals surface area contributed by atoms with Crippen molar-refractivity contribution >= 4 is 21.6 Å². The van der Waals surface area contributed by atoms with Crippen LogP contribution in [0.15, 0.2) is 47.4 Å². The normalized spacial score (nSPS) is 15.3. The minimum atomic E-state index is -3.70. The van der Waals surface area contributed by atoms with E-state index in [-0.39, 0.29) is 16.9 Å². The summed E-state index contributed by atoms with van der Waals surface area (Å²) < 4.78 is 38.5. The average molecular weight is 447 g/mol. The maximum absolute atomic E-state index is 13.0. The van der Waals surface area contributed by atoms with E-state index in [0.29, 0.717) is 49.2 Å². The highest BCUT2D eigenvalue weighted by molar-refractivity contribution is 7.89. The number of anilines is 1. The van der Waals surface area contributed by atoms with Gasteiger partial charge in [-0.15, -0.1) is 0 Å². The number of benzene rings is 2. The smallest absolute Gasteiger partial charge is 0.255 e. The van der Waals surface area contributed by atoms with Gasteiger partial charge < -0.3 is 14.8 Å². The summed E-state index contributed by atoms with van der Waals surface area (Å²) >= 11 is 0. The van der Waals surface area contributed by atoms with Crippen molar-refractivity contribution in [1.82, 2.24) is 4.31 Å². The predicted octanol–water partition coefficient (Wildman–Crippen LogP) is 3.87. The summed E-state index contributed by atoms with van der Waals surface area (Å²) in [5.41, 5.74) is 1.95. The topological polar surface area (TPSA) is 84.9 Å². The molecule has 0 aliphatic carbocycles. The second-order valence-corrected chi connectivity index (χ2v) is 10.0. The Hall–Kier alpha value is -2.42. The highest BCUT2D eigenvalue weighted by Gasteiger charge is 2.27. The maximum Gasteiger partial charge on any atom is 0.255 e. The molecule has 31 heavy (non-hydrogen) atoms. The van der Waals surface area contributed by atoms with Crippen LogP contribution in [0.25, 0.3) is 0 Å². The van der Waals surface area contributed by atoms with E-state index in [9.17, 15) is 13.2 Å². The van der Waals surface area contributed by atoms with Gasteiger partial charge in [-0.1, -0.05) is 26.0 Å². The molecule has 1 saturated heterocycles. The molecule has 1 aliphatic rings. The third-order valence-electron chi connectivity index (χ3n) is 5.01. The number of rotatable bonds is 7. The fraction of sp³-hybridized carbons (Fsp3) is 0.435. The first-order valence-corrected chi connectivity index (χ1v) is 11.9. The highest BCUT2D eigenvalue weighted by Crippen LogP contribution is 2.31. The minimum Gasteiger partial charge on any atom is -0.489 e. The molecule has 0 unspecified atom stereocenters. The van der Waals surface area contributed by atoms with E-state index in [4.69, 9.17) is 9.47 Å². The Labute approximate surface area is 184 Å². The molecular formula is C23H30N2O5S. The molecule has 8 heteroatoms. The van der Waals surface area contributed by atoms with E-state index < -0.39 is 10.0 Å². The summed E-state index contributed by atoms with van der Waals surface area (Å²) in [5.74, 6) is 0.457. The van der Waals surface area contributed by atoms with Crippen molar-refractivity contribution < 1.29 is 22.7 Å². The molecule has 2 aromatic carbocycles. The number of hydrogen-bond donors (Lipinski definition) is 1. The lowest BCUT2D eigenvalue weighted by molar-refractivity contribution is 0.0730. The van der Waals surface area contributed by atoms with Crippen LogP contribution in [-0.2, 0) is 14.8 Å². The van der Waals surface area contributed by atoms with Crippen molar-refractivity contribution in [2.75, 3.05) is 31.6 Å². The summed E-state index contributed by atoms with van der Waals surface area (Å²) in [5, 5.41) is 2.82. The average Bonchev–Trinajstić information content (AvgIpc) is 2.75. The van der Waals surface area contributed by atoms with Gasteiger partial charge in [-0.05, 0) is 55.7 Å². The number of sulfonamides is 1. The number of amides is 1. The van der Waals surface area contributed by atoms with Crippen molar-refractivity contribution in [3.63, 3.8) is 0 Å². The summed E-state index contributed by atoms with van der Waals surface area (Å²) in [6, 6.07) is 11.9. The molecule has 7 nitrogen and oxygen atoms in total. The molecule has 0 aromatic heterocycles. The Kier molecular flexibility index (Phi) is 7.35. The predicted molar refractivity (Wildman–Crippen MR) is 120 cm³/mol. The lowest BCUT2D eigenvalue weighted by Gasteiger charge is -2.26. The van der Waals surface area contributed by atoms with Crippen molar-refractivity contribution in [2.24, 2.45) is 0 Å². The van der Waals surface area contributed by atoms with Crippen LogP contribution >= 0.6 is 0 Å². The molecule has 1 fully saturated rings. The van der Waals surface area contributed by atoms with Crippen LogP contribution in [0.3, 0.4) is 0 Å². The highest BCUT2D eigenvalue weighted by atomic mass is 32.2. The van der Waals surface area contributed by atoms with Gasteiger partial charge in [0.2, 0.25) is 10.0 Å². The first kappa shape index (κ1) is 23.2. The molecule has 0 spiro atoms. The van der Waals surface area contributed by atoms with E-state index >= 15 is 0 Å². The fourth-order valence-electron chi connectivity index (χ4n) is 3.27. The molecule has 168 valence electrons. The van der Waals surface area contributed by atoms with Gasteiger partial charge in [0, 0.05) is 18.7 Å². The molecule has 0 bridgehead atoms. The third-order valence-corrected chi connectivity index (χ3v) is 6.90. The van der Waals surface area contributed by atoms with Crippen LogP contribution in [0.5, 0.6) is 5.75 Å². The van der Waals surface area contributed by atoms with E-state index in [1.165, 1.54) is 16.4 Å². The summed E-state index contributed by atoms with van der Waals surface area (Å²) in [6.07, 6.45) is -0.136. The third kappa shape index (κ3) is 5.64. The van der Waals surface area contributed by atoms with Crippen LogP contribution < -0.4 is 10.1 Å². The Morgan fingerprint density at radius 3 is 2.26 bits per heavy atom. The second-order valence-electron chi connectivity index (χ2n) is 8.07. The van der Waals surface area contributed by atoms with Crippen LogP contribution in [0.1, 0.15) is 49.5 Å². The van der Waals surface area contributed by atoms with Crippen molar-refractivity contribution in [2.45, 2.75) is 44.6 Å². The molecule has 1 N–H and O–H groups in total. The zero-order valence-electron chi connectivity index (χ0n) is 18.4. The largest absolute Gasteiger partial charge is 0.489 e. The summed E-state index contributed by atoms with van der Waals surface area (Å²) in [7, 11) is -3.70. The van der Waals surface area contributed by atoms with E-state index in [1.54, 1.807) is 18.2 Å². The monoisotopic (exact) mass is 446 g/mol. The Morgan fingerprint density at radius 2 is 1.68 bits per heavy atom. The minimum absolute atomic E-state index is 0.107. The van der Waals surface area contributed by atoms with Gasteiger partial charge in [0.05, 0.1) is 29.9 Å². The zero-order chi connectivity index (χ0) is 22.6. The Morgan fingerprint density at radius 1 is 1.03 bits per heavy atom. The molecule has 0 saturated carbocycles. The Bertz CT molecular complexity index is 1010. The lowest BCUT2D eigenvalue weighted by Crippen LogP contribution is -2.40. The van der Waals surface area contributed by atoms with Gasteiger partial charge in [-0.3, -0.25) is 4.79 Å². The number of morpholine rings is 1. The standard InChI is InChI=1S/C23H30N2O5S/c1-16(2)18-5-7-19(8-6-18)23(26)24-21-15-20(9-10-22(21)30-17(3)4)31(27,28)25-11-13-29-14-12-25/h5-10,15-17H,11-14H2,1-4H3,(H,24,26). The van der Waals surface area contributed by atoms with Crippen molar-refractivity contribution in [1.29, 1.82) is 0 Å². The van der Waals surface area contributed by atoms with Crippen LogP contribution in [0, 0.1) is 0 Å². The van der Waals surface area contributed by atoms with Gasteiger partial charge in [-0.2, -0.15) is 4.31 Å². The van der Waals surface area contributed by atoms with E-state index in [2.05, 4.69) is 19.2 Å². The molecule has 1 aliphatic heterocycles. The molecule has 3 rings (SSSR count). The van der Waals surface area contributed by atoms with Crippen LogP contribution in [0.4, 0.5) is 5.69 Å². The number of hydrogen-bond acceptors (Lipinski definition) is 5. The van der Waals surface area contributed by atoms with Gasteiger partial charge in [-0.25, -0.2) is 8.42 Å². The number of ether oxygens (including phenoxy) is 2. The SMILES string of the molecule is CC(C)Oc1ccc(S(=O)(=O)N2CCOCC2)cc1NC(=O)c1ccc(C(C)C)cc1. The number of nitrogens with one attached hydrogen (secondary N) is 1. The molecule has 1 heterocycles. The summed E-state index contributed by atoms with van der Waals surface area (Å²) in [6.45, 7) is 9.25. The molecule has 1 amide bonds. The number of carbonyl (C=O) groups is 1. The van der Waals surface area contributed by atoms with Crippen molar-refractivity contribution in [3.05, 3.63) is 53.6 Å². The quantitative estimate of drug-likeness (QED) is 0.698.